The molecule has 1 amide bonds. The normalized spacial score (nSPS) is 14.9. The van der Waals surface area contributed by atoms with Gasteiger partial charge in [0.25, 0.3) is 5.91 Å². The molecule has 156 valence electrons. The number of para-hydroxylation sites is 1. The first kappa shape index (κ1) is 21.2. The SMILES string of the molecule is CCOc1ccc(C(=O)N2CCN(C)CC2)cc1COc1ccccc1C(C)C. The van der Waals surface area contributed by atoms with Crippen LogP contribution >= 0.6 is 0 Å². The lowest BCUT2D eigenvalue weighted by molar-refractivity contribution is 0.0664. The fraction of sp³-hybridized carbons (Fsp3) is 0.458. The summed E-state index contributed by atoms with van der Waals surface area (Å²) < 4.78 is 11.9. The van der Waals surface area contributed by atoms with Crippen molar-refractivity contribution < 1.29 is 14.3 Å². The largest absolute Gasteiger partial charge is 0.493 e. The zero-order valence-corrected chi connectivity index (χ0v) is 18.0. The van der Waals surface area contributed by atoms with Crippen molar-refractivity contribution in [3.05, 3.63) is 59.2 Å². The van der Waals surface area contributed by atoms with E-state index in [2.05, 4.69) is 31.9 Å². The smallest absolute Gasteiger partial charge is 0.253 e. The predicted octanol–water partition coefficient (Wildman–Crippen LogP) is 4.18. The summed E-state index contributed by atoms with van der Waals surface area (Å²) in [5.41, 5.74) is 2.76. The van der Waals surface area contributed by atoms with E-state index >= 15 is 0 Å². The lowest BCUT2D eigenvalue weighted by Crippen LogP contribution is -2.47. The molecule has 0 unspecified atom stereocenters. The molecule has 1 aliphatic rings. The van der Waals surface area contributed by atoms with Gasteiger partial charge in [0.2, 0.25) is 0 Å². The molecular weight excluding hydrogens is 364 g/mol. The third-order valence-electron chi connectivity index (χ3n) is 5.32. The van der Waals surface area contributed by atoms with E-state index in [0.717, 1.165) is 43.2 Å². The van der Waals surface area contributed by atoms with Gasteiger partial charge >= 0.3 is 0 Å². The van der Waals surface area contributed by atoms with Crippen molar-refractivity contribution in [2.24, 2.45) is 0 Å². The van der Waals surface area contributed by atoms with Crippen molar-refractivity contribution in [2.75, 3.05) is 39.8 Å². The highest BCUT2D eigenvalue weighted by atomic mass is 16.5. The molecule has 1 heterocycles. The molecule has 1 saturated heterocycles. The Morgan fingerprint density at radius 3 is 2.41 bits per heavy atom. The van der Waals surface area contributed by atoms with Gasteiger partial charge in [-0.3, -0.25) is 4.79 Å². The molecule has 0 spiro atoms. The number of piperazine rings is 1. The molecule has 3 rings (SSSR count). The van der Waals surface area contributed by atoms with Gasteiger partial charge in [-0.15, -0.1) is 0 Å². The summed E-state index contributed by atoms with van der Waals surface area (Å²) in [5.74, 6) is 2.10. The van der Waals surface area contributed by atoms with Crippen molar-refractivity contribution in [3.8, 4) is 11.5 Å². The topological polar surface area (TPSA) is 42.0 Å². The van der Waals surface area contributed by atoms with Crippen LogP contribution in [0, 0.1) is 0 Å². The highest BCUT2D eigenvalue weighted by Crippen LogP contribution is 2.28. The molecular formula is C24H32N2O3. The fourth-order valence-electron chi connectivity index (χ4n) is 3.56. The van der Waals surface area contributed by atoms with Crippen LogP contribution in [0.2, 0.25) is 0 Å². The second-order valence-corrected chi connectivity index (χ2v) is 7.83. The van der Waals surface area contributed by atoms with Crippen molar-refractivity contribution in [1.82, 2.24) is 9.80 Å². The summed E-state index contributed by atoms with van der Waals surface area (Å²) in [7, 11) is 2.09. The van der Waals surface area contributed by atoms with Gasteiger partial charge in [0.1, 0.15) is 18.1 Å². The molecule has 2 aromatic carbocycles. The van der Waals surface area contributed by atoms with E-state index in [-0.39, 0.29) is 5.91 Å². The summed E-state index contributed by atoms with van der Waals surface area (Å²) in [5, 5.41) is 0. The lowest BCUT2D eigenvalue weighted by Gasteiger charge is -2.32. The van der Waals surface area contributed by atoms with Gasteiger partial charge in [0, 0.05) is 37.3 Å². The number of nitrogens with zero attached hydrogens (tertiary/aromatic N) is 2. The Labute approximate surface area is 174 Å². The van der Waals surface area contributed by atoms with Gasteiger partial charge in [0.05, 0.1) is 6.61 Å². The monoisotopic (exact) mass is 396 g/mol. The summed E-state index contributed by atoms with van der Waals surface area (Å²) in [6.07, 6.45) is 0. The molecule has 0 aliphatic carbocycles. The van der Waals surface area contributed by atoms with E-state index in [0.29, 0.717) is 24.7 Å². The average Bonchev–Trinajstić information content (AvgIpc) is 2.73. The van der Waals surface area contributed by atoms with Crippen LogP contribution in [0.5, 0.6) is 11.5 Å². The summed E-state index contributed by atoms with van der Waals surface area (Å²) >= 11 is 0. The van der Waals surface area contributed by atoms with Crippen LogP contribution in [-0.2, 0) is 6.61 Å². The molecule has 29 heavy (non-hydrogen) atoms. The molecule has 0 N–H and O–H groups in total. The van der Waals surface area contributed by atoms with Crippen LogP contribution in [0.25, 0.3) is 0 Å². The van der Waals surface area contributed by atoms with E-state index in [1.165, 1.54) is 5.56 Å². The second-order valence-electron chi connectivity index (χ2n) is 7.83. The zero-order chi connectivity index (χ0) is 20.8. The average molecular weight is 397 g/mol. The Bertz CT molecular complexity index is 827. The summed E-state index contributed by atoms with van der Waals surface area (Å²) in [6.45, 7) is 10.5. The first-order valence-electron chi connectivity index (χ1n) is 10.4. The number of likely N-dealkylation sites (N-methyl/N-ethyl adjacent to an activating group) is 1. The van der Waals surface area contributed by atoms with Gasteiger partial charge in [-0.25, -0.2) is 0 Å². The van der Waals surface area contributed by atoms with E-state index in [4.69, 9.17) is 9.47 Å². The quantitative estimate of drug-likeness (QED) is 0.704. The van der Waals surface area contributed by atoms with Crippen LogP contribution < -0.4 is 9.47 Å². The van der Waals surface area contributed by atoms with E-state index in [1.807, 2.05) is 48.2 Å². The molecule has 0 saturated carbocycles. The Morgan fingerprint density at radius 1 is 1.00 bits per heavy atom. The summed E-state index contributed by atoms with van der Waals surface area (Å²) in [6, 6.07) is 13.8. The molecule has 0 radical (unpaired) electrons. The maximum atomic E-state index is 13.0. The van der Waals surface area contributed by atoms with Crippen molar-refractivity contribution >= 4 is 5.91 Å². The number of carbonyl (C=O) groups excluding carboxylic acids is 1. The van der Waals surface area contributed by atoms with Gasteiger partial charge in [-0.05, 0) is 49.7 Å². The van der Waals surface area contributed by atoms with E-state index in [9.17, 15) is 4.79 Å². The van der Waals surface area contributed by atoms with Gasteiger partial charge in [-0.2, -0.15) is 0 Å². The van der Waals surface area contributed by atoms with Crippen LogP contribution in [0.1, 0.15) is 48.2 Å². The Balaban J connectivity index is 1.79. The summed E-state index contributed by atoms with van der Waals surface area (Å²) in [4.78, 5) is 17.1. The molecule has 0 bridgehead atoms. The minimum atomic E-state index is 0.0741. The first-order chi connectivity index (χ1) is 14.0. The molecule has 1 aliphatic heterocycles. The number of carbonyl (C=O) groups is 1. The zero-order valence-electron chi connectivity index (χ0n) is 18.0. The van der Waals surface area contributed by atoms with Crippen LogP contribution in [0.4, 0.5) is 0 Å². The van der Waals surface area contributed by atoms with Gasteiger partial charge in [-0.1, -0.05) is 32.0 Å². The Hall–Kier alpha value is -2.53. The van der Waals surface area contributed by atoms with Gasteiger partial charge < -0.3 is 19.3 Å². The Kier molecular flexibility index (Phi) is 7.15. The maximum Gasteiger partial charge on any atom is 0.253 e. The van der Waals surface area contributed by atoms with Crippen molar-refractivity contribution in [3.63, 3.8) is 0 Å². The minimum Gasteiger partial charge on any atom is -0.493 e. The number of amides is 1. The Morgan fingerprint density at radius 2 is 1.72 bits per heavy atom. The standard InChI is InChI=1S/C24H32N2O3/c1-5-28-22-11-10-19(24(27)26-14-12-25(4)13-15-26)16-20(22)17-29-23-9-7-6-8-21(23)18(2)3/h6-11,16,18H,5,12-15,17H2,1-4H3. The highest BCUT2D eigenvalue weighted by Gasteiger charge is 2.21. The lowest BCUT2D eigenvalue weighted by atomic mass is 10.0. The number of benzene rings is 2. The maximum absolute atomic E-state index is 13.0. The highest BCUT2D eigenvalue weighted by molar-refractivity contribution is 5.94. The van der Waals surface area contributed by atoms with Crippen LogP contribution in [0.15, 0.2) is 42.5 Å². The predicted molar refractivity (Wildman–Crippen MR) is 116 cm³/mol. The van der Waals surface area contributed by atoms with Crippen LogP contribution in [0.3, 0.4) is 0 Å². The molecule has 5 nitrogen and oxygen atoms in total. The molecule has 1 fully saturated rings. The van der Waals surface area contributed by atoms with Crippen molar-refractivity contribution in [1.29, 1.82) is 0 Å². The van der Waals surface area contributed by atoms with Crippen LogP contribution in [-0.4, -0.2) is 55.5 Å². The third-order valence-corrected chi connectivity index (χ3v) is 5.32. The van der Waals surface area contributed by atoms with E-state index in [1.54, 1.807) is 0 Å². The molecule has 0 aromatic heterocycles. The first-order valence-corrected chi connectivity index (χ1v) is 10.4. The minimum absolute atomic E-state index is 0.0741. The number of rotatable bonds is 7. The number of hydrogen-bond donors (Lipinski definition) is 0. The second kappa shape index (κ2) is 9.79. The van der Waals surface area contributed by atoms with E-state index < -0.39 is 0 Å². The number of ether oxygens (including phenoxy) is 2. The molecule has 2 aromatic rings. The fourth-order valence-corrected chi connectivity index (χ4v) is 3.56. The van der Waals surface area contributed by atoms with Crippen molar-refractivity contribution in [2.45, 2.75) is 33.3 Å². The van der Waals surface area contributed by atoms with Gasteiger partial charge in [0.15, 0.2) is 0 Å². The molecule has 5 heteroatoms. The third kappa shape index (κ3) is 5.30. The number of hydrogen-bond acceptors (Lipinski definition) is 4. The molecule has 0 atom stereocenters.